The highest BCUT2D eigenvalue weighted by Gasteiger charge is 2.43. The fraction of sp³-hybridized carbons (Fsp3) is 0.846. The van der Waals surface area contributed by atoms with Gasteiger partial charge in [0.25, 0.3) is 0 Å². The van der Waals surface area contributed by atoms with E-state index in [-0.39, 0.29) is 24.5 Å². The summed E-state index contributed by atoms with van der Waals surface area (Å²) in [6.45, 7) is 1.44. The van der Waals surface area contributed by atoms with Crippen molar-refractivity contribution < 1.29 is 14.3 Å². The van der Waals surface area contributed by atoms with Crippen LogP contribution in [0.3, 0.4) is 0 Å². The van der Waals surface area contributed by atoms with Crippen LogP contribution >= 0.6 is 0 Å². The van der Waals surface area contributed by atoms with Crippen LogP contribution in [0.15, 0.2) is 0 Å². The third-order valence-corrected chi connectivity index (χ3v) is 4.09. The average molecular weight is 269 g/mol. The molecule has 0 spiro atoms. The number of ether oxygens (including phenoxy) is 1. The molecule has 2 aliphatic rings. The van der Waals surface area contributed by atoms with Gasteiger partial charge in [0.15, 0.2) is 0 Å². The predicted molar refractivity (Wildman–Crippen MR) is 70.4 cm³/mol. The molecule has 1 heterocycles. The summed E-state index contributed by atoms with van der Waals surface area (Å²) in [5.74, 6) is -0.0121. The van der Waals surface area contributed by atoms with E-state index in [1.54, 1.807) is 0 Å². The molecule has 0 aromatic heterocycles. The van der Waals surface area contributed by atoms with E-state index in [4.69, 9.17) is 10.5 Å². The maximum Gasteiger partial charge on any atom is 0.246 e. The van der Waals surface area contributed by atoms with Crippen LogP contribution in [0, 0.1) is 0 Å². The lowest BCUT2D eigenvalue weighted by atomic mass is 9.76. The van der Waals surface area contributed by atoms with Crippen LogP contribution in [-0.2, 0) is 14.3 Å². The number of hydrogen-bond donors (Lipinski definition) is 2. The Kier molecular flexibility index (Phi) is 4.42. The Morgan fingerprint density at radius 3 is 2.47 bits per heavy atom. The van der Waals surface area contributed by atoms with Crippen molar-refractivity contribution in [3.05, 3.63) is 0 Å². The summed E-state index contributed by atoms with van der Waals surface area (Å²) in [5.41, 5.74) is 5.45. The molecule has 6 heteroatoms. The van der Waals surface area contributed by atoms with Gasteiger partial charge in [-0.05, 0) is 32.1 Å². The molecule has 0 aromatic carbocycles. The summed E-state index contributed by atoms with van der Waals surface area (Å²) in [5, 5.41) is 2.91. The quantitative estimate of drug-likeness (QED) is 0.728. The normalized spacial score (nSPS) is 22.7. The van der Waals surface area contributed by atoms with Crippen LogP contribution in [-0.4, -0.2) is 55.1 Å². The van der Waals surface area contributed by atoms with Crippen LogP contribution in [0.1, 0.15) is 32.1 Å². The number of carbonyl (C=O) groups is 2. The standard InChI is InChI=1S/C13H23N3O3/c1-19-9-11(17)15-10-3-7-16(8-4-10)12(18)13(14)5-2-6-13/h10H,2-9,14H2,1H3,(H,15,17). The average Bonchev–Trinajstić information content (AvgIpc) is 2.36. The first-order chi connectivity index (χ1) is 9.05. The molecule has 0 radical (unpaired) electrons. The first-order valence-corrected chi connectivity index (χ1v) is 6.92. The zero-order valence-electron chi connectivity index (χ0n) is 11.5. The molecule has 0 atom stereocenters. The van der Waals surface area contributed by atoms with Gasteiger partial charge < -0.3 is 20.7 Å². The Labute approximate surface area is 113 Å². The maximum absolute atomic E-state index is 12.2. The third-order valence-electron chi connectivity index (χ3n) is 4.09. The monoisotopic (exact) mass is 269 g/mol. The SMILES string of the molecule is COCC(=O)NC1CCN(C(=O)C2(N)CCC2)CC1. The number of amides is 2. The van der Waals surface area contributed by atoms with Crippen LogP contribution < -0.4 is 11.1 Å². The molecule has 2 fully saturated rings. The molecule has 19 heavy (non-hydrogen) atoms. The van der Waals surface area contributed by atoms with E-state index in [0.717, 1.165) is 32.1 Å². The zero-order chi connectivity index (χ0) is 13.9. The fourth-order valence-electron chi connectivity index (χ4n) is 2.71. The van der Waals surface area contributed by atoms with Crippen molar-refractivity contribution in [1.82, 2.24) is 10.2 Å². The summed E-state index contributed by atoms with van der Waals surface area (Å²) in [6, 6.07) is 0.141. The Bertz CT molecular complexity index is 347. The predicted octanol–water partition coefficient (Wildman–Crippen LogP) is -0.379. The number of piperidine rings is 1. The van der Waals surface area contributed by atoms with E-state index in [1.807, 2.05) is 4.90 Å². The van der Waals surface area contributed by atoms with E-state index in [2.05, 4.69) is 5.32 Å². The Morgan fingerprint density at radius 2 is 2.00 bits per heavy atom. The molecule has 0 aromatic rings. The Morgan fingerprint density at radius 1 is 1.37 bits per heavy atom. The number of nitrogens with one attached hydrogen (secondary N) is 1. The van der Waals surface area contributed by atoms with E-state index < -0.39 is 5.54 Å². The molecule has 1 aliphatic heterocycles. The first-order valence-electron chi connectivity index (χ1n) is 6.92. The summed E-state index contributed by atoms with van der Waals surface area (Å²) in [7, 11) is 1.50. The molecule has 108 valence electrons. The van der Waals surface area contributed by atoms with Crippen molar-refractivity contribution in [3.63, 3.8) is 0 Å². The topological polar surface area (TPSA) is 84.7 Å². The highest BCUT2D eigenvalue weighted by atomic mass is 16.5. The number of nitrogens with zero attached hydrogens (tertiary/aromatic N) is 1. The highest BCUT2D eigenvalue weighted by Crippen LogP contribution is 2.31. The molecule has 1 aliphatic carbocycles. The van der Waals surface area contributed by atoms with Gasteiger partial charge >= 0.3 is 0 Å². The lowest BCUT2D eigenvalue weighted by Gasteiger charge is -2.42. The maximum atomic E-state index is 12.2. The number of hydrogen-bond acceptors (Lipinski definition) is 4. The molecule has 2 rings (SSSR count). The Balaban J connectivity index is 1.76. The third kappa shape index (κ3) is 3.25. The summed E-state index contributed by atoms with van der Waals surface area (Å²) >= 11 is 0. The molecule has 0 bridgehead atoms. The van der Waals surface area contributed by atoms with Gasteiger partial charge in [0.1, 0.15) is 6.61 Å². The number of likely N-dealkylation sites (tertiary alicyclic amines) is 1. The second kappa shape index (κ2) is 5.88. The van der Waals surface area contributed by atoms with Crippen LogP contribution in [0.25, 0.3) is 0 Å². The smallest absolute Gasteiger partial charge is 0.246 e. The summed E-state index contributed by atoms with van der Waals surface area (Å²) in [6.07, 6.45) is 4.23. The number of methoxy groups -OCH3 is 1. The van der Waals surface area contributed by atoms with Crippen LogP contribution in [0.4, 0.5) is 0 Å². The number of rotatable bonds is 4. The molecular formula is C13H23N3O3. The minimum Gasteiger partial charge on any atom is -0.375 e. The van der Waals surface area contributed by atoms with E-state index >= 15 is 0 Å². The van der Waals surface area contributed by atoms with Crippen molar-refractivity contribution in [2.75, 3.05) is 26.8 Å². The van der Waals surface area contributed by atoms with E-state index in [0.29, 0.717) is 13.1 Å². The van der Waals surface area contributed by atoms with Gasteiger partial charge in [0.2, 0.25) is 11.8 Å². The number of carbonyl (C=O) groups excluding carboxylic acids is 2. The van der Waals surface area contributed by atoms with Gasteiger partial charge in [-0.1, -0.05) is 0 Å². The lowest BCUT2D eigenvalue weighted by Crippen LogP contribution is -2.61. The van der Waals surface area contributed by atoms with Crippen molar-refractivity contribution in [3.8, 4) is 0 Å². The molecular weight excluding hydrogens is 246 g/mol. The molecule has 1 saturated heterocycles. The lowest BCUT2D eigenvalue weighted by molar-refractivity contribution is -0.141. The molecule has 1 saturated carbocycles. The van der Waals surface area contributed by atoms with Crippen LogP contribution in [0.5, 0.6) is 0 Å². The molecule has 6 nitrogen and oxygen atoms in total. The van der Waals surface area contributed by atoms with Gasteiger partial charge in [-0.25, -0.2) is 0 Å². The minimum absolute atomic E-state index is 0.0837. The molecule has 0 unspecified atom stereocenters. The number of nitrogens with two attached hydrogens (primary N) is 1. The fourth-order valence-corrected chi connectivity index (χ4v) is 2.71. The largest absolute Gasteiger partial charge is 0.375 e. The molecule has 3 N–H and O–H groups in total. The first kappa shape index (κ1) is 14.3. The van der Waals surface area contributed by atoms with Crippen molar-refractivity contribution >= 4 is 11.8 Å². The van der Waals surface area contributed by atoms with Gasteiger partial charge in [0.05, 0.1) is 5.54 Å². The van der Waals surface area contributed by atoms with Crippen molar-refractivity contribution in [1.29, 1.82) is 0 Å². The Hall–Kier alpha value is -1.14. The van der Waals surface area contributed by atoms with Gasteiger partial charge in [-0.15, -0.1) is 0 Å². The second-order valence-electron chi connectivity index (χ2n) is 5.58. The van der Waals surface area contributed by atoms with Crippen molar-refractivity contribution in [2.45, 2.75) is 43.7 Å². The van der Waals surface area contributed by atoms with Crippen molar-refractivity contribution in [2.24, 2.45) is 5.73 Å². The van der Waals surface area contributed by atoms with E-state index in [1.165, 1.54) is 7.11 Å². The van der Waals surface area contributed by atoms with E-state index in [9.17, 15) is 9.59 Å². The van der Waals surface area contributed by atoms with Gasteiger partial charge in [0, 0.05) is 26.2 Å². The summed E-state index contributed by atoms with van der Waals surface area (Å²) in [4.78, 5) is 25.5. The van der Waals surface area contributed by atoms with Gasteiger partial charge in [-0.3, -0.25) is 9.59 Å². The van der Waals surface area contributed by atoms with Gasteiger partial charge in [-0.2, -0.15) is 0 Å². The second-order valence-corrected chi connectivity index (χ2v) is 5.58. The summed E-state index contributed by atoms with van der Waals surface area (Å²) < 4.78 is 4.78. The highest BCUT2D eigenvalue weighted by molar-refractivity contribution is 5.87. The van der Waals surface area contributed by atoms with Crippen LogP contribution in [0.2, 0.25) is 0 Å². The molecule has 2 amide bonds. The zero-order valence-corrected chi connectivity index (χ0v) is 11.5. The minimum atomic E-state index is -0.605.